The number of ether oxygens (including phenoxy) is 1. The molecule has 0 unspecified atom stereocenters. The second-order valence-electron chi connectivity index (χ2n) is 4.81. The topological polar surface area (TPSA) is 63.2 Å². The normalized spacial score (nSPS) is 10.4. The van der Waals surface area contributed by atoms with Crippen LogP contribution in [0.2, 0.25) is 0 Å². The molecule has 0 aliphatic heterocycles. The van der Waals surface area contributed by atoms with Crippen molar-refractivity contribution >= 4 is 17.3 Å². The highest BCUT2D eigenvalue weighted by Gasteiger charge is 2.11. The smallest absolute Gasteiger partial charge is 0.257 e. The first-order valence-corrected chi connectivity index (χ1v) is 7.04. The van der Waals surface area contributed by atoms with Crippen molar-refractivity contribution in [2.45, 2.75) is 6.42 Å². The van der Waals surface area contributed by atoms with Gasteiger partial charge in [0.05, 0.1) is 16.9 Å². The number of aromatic nitrogens is 1. The van der Waals surface area contributed by atoms with Gasteiger partial charge in [0.25, 0.3) is 5.91 Å². The number of nitrogens with zero attached hydrogens (tertiary/aromatic N) is 1. The van der Waals surface area contributed by atoms with Crippen LogP contribution in [0.4, 0.5) is 20.2 Å². The number of pyridine rings is 1. The third-order valence-electron chi connectivity index (χ3n) is 3.03. The van der Waals surface area contributed by atoms with E-state index in [1.807, 2.05) is 0 Å². The predicted octanol–water partition coefficient (Wildman–Crippen LogP) is 3.06. The lowest BCUT2D eigenvalue weighted by molar-refractivity contribution is 0.102. The molecule has 0 atom stereocenters. The van der Waals surface area contributed by atoms with E-state index in [9.17, 15) is 13.6 Å². The summed E-state index contributed by atoms with van der Waals surface area (Å²) >= 11 is 0. The zero-order chi connectivity index (χ0) is 16.7. The first-order valence-electron chi connectivity index (χ1n) is 7.04. The van der Waals surface area contributed by atoms with Crippen molar-refractivity contribution in [1.29, 1.82) is 0 Å². The van der Waals surface area contributed by atoms with Crippen LogP contribution in [0, 0.1) is 11.6 Å². The zero-order valence-electron chi connectivity index (χ0n) is 12.6. The van der Waals surface area contributed by atoms with Crippen molar-refractivity contribution in [3.05, 3.63) is 53.9 Å². The molecule has 0 saturated carbocycles. The molecule has 0 radical (unpaired) electrons. The molecule has 7 heteroatoms. The molecule has 0 fully saturated rings. The molecule has 5 nitrogen and oxygen atoms in total. The van der Waals surface area contributed by atoms with E-state index in [-0.39, 0.29) is 11.3 Å². The van der Waals surface area contributed by atoms with Crippen LogP contribution in [-0.2, 0) is 4.74 Å². The Bertz CT molecular complexity index is 680. The summed E-state index contributed by atoms with van der Waals surface area (Å²) in [6, 6.07) is 4.56. The van der Waals surface area contributed by atoms with E-state index in [0.717, 1.165) is 12.5 Å². The molecule has 0 saturated heterocycles. The first-order chi connectivity index (χ1) is 11.1. The van der Waals surface area contributed by atoms with Gasteiger partial charge in [0.2, 0.25) is 0 Å². The molecule has 0 spiro atoms. The Labute approximate surface area is 132 Å². The first kappa shape index (κ1) is 16.8. The van der Waals surface area contributed by atoms with Gasteiger partial charge in [0.1, 0.15) is 11.6 Å². The standard InChI is InChI=1S/C16H17F2N3O2/c1-23-6-2-5-20-13-7-11(9-19-10-13)16(22)21-15-4-3-12(17)8-14(15)18/h3-4,7-10,20H,2,5-6H2,1H3,(H,21,22). The lowest BCUT2D eigenvalue weighted by Gasteiger charge is -2.09. The van der Waals surface area contributed by atoms with Gasteiger partial charge in [0, 0.05) is 38.7 Å². The Balaban J connectivity index is 2.01. The van der Waals surface area contributed by atoms with Crippen LogP contribution >= 0.6 is 0 Å². The van der Waals surface area contributed by atoms with Gasteiger partial charge in [-0.05, 0) is 24.6 Å². The number of carbonyl (C=O) groups excluding carboxylic acids is 1. The molecule has 2 aromatic rings. The van der Waals surface area contributed by atoms with E-state index in [2.05, 4.69) is 15.6 Å². The van der Waals surface area contributed by atoms with Crippen LogP contribution < -0.4 is 10.6 Å². The van der Waals surface area contributed by atoms with E-state index in [0.29, 0.717) is 24.9 Å². The number of methoxy groups -OCH3 is 1. The van der Waals surface area contributed by atoms with Gasteiger partial charge >= 0.3 is 0 Å². The quantitative estimate of drug-likeness (QED) is 0.769. The molecule has 23 heavy (non-hydrogen) atoms. The third kappa shape index (κ3) is 5.00. The van der Waals surface area contributed by atoms with E-state index in [1.165, 1.54) is 12.3 Å². The highest BCUT2D eigenvalue weighted by Crippen LogP contribution is 2.17. The fraction of sp³-hybridized carbons (Fsp3) is 0.250. The van der Waals surface area contributed by atoms with E-state index in [1.54, 1.807) is 19.4 Å². The molecule has 0 aliphatic rings. The predicted molar refractivity (Wildman–Crippen MR) is 83.5 cm³/mol. The minimum absolute atomic E-state index is 0.0881. The summed E-state index contributed by atoms with van der Waals surface area (Å²) in [5.41, 5.74) is 0.855. The number of hydrogen-bond acceptors (Lipinski definition) is 4. The molecular weight excluding hydrogens is 304 g/mol. The SMILES string of the molecule is COCCCNc1cncc(C(=O)Nc2ccc(F)cc2F)c1. The summed E-state index contributed by atoms with van der Waals surface area (Å²) in [6.07, 6.45) is 3.77. The van der Waals surface area contributed by atoms with Crippen molar-refractivity contribution in [2.24, 2.45) is 0 Å². The van der Waals surface area contributed by atoms with Crippen molar-refractivity contribution in [1.82, 2.24) is 4.98 Å². The number of carbonyl (C=O) groups is 1. The largest absolute Gasteiger partial charge is 0.385 e. The summed E-state index contributed by atoms with van der Waals surface area (Å²) in [5, 5.41) is 5.50. The van der Waals surface area contributed by atoms with Crippen LogP contribution in [0.5, 0.6) is 0 Å². The maximum absolute atomic E-state index is 13.6. The van der Waals surface area contributed by atoms with Crippen molar-refractivity contribution < 1.29 is 18.3 Å². The van der Waals surface area contributed by atoms with E-state index >= 15 is 0 Å². The molecule has 1 aromatic heterocycles. The van der Waals surface area contributed by atoms with Gasteiger partial charge in [-0.25, -0.2) is 8.78 Å². The Morgan fingerprint density at radius 1 is 1.26 bits per heavy atom. The van der Waals surface area contributed by atoms with Gasteiger partial charge in [-0.3, -0.25) is 9.78 Å². The average Bonchev–Trinajstić information content (AvgIpc) is 2.54. The molecule has 1 heterocycles. The number of halogens is 2. The number of nitrogens with one attached hydrogen (secondary N) is 2. The van der Waals surface area contributed by atoms with Crippen LogP contribution in [0.25, 0.3) is 0 Å². The number of hydrogen-bond donors (Lipinski definition) is 2. The molecule has 2 N–H and O–H groups in total. The molecule has 0 aliphatic carbocycles. The monoisotopic (exact) mass is 321 g/mol. The van der Waals surface area contributed by atoms with E-state index in [4.69, 9.17) is 4.74 Å². The lowest BCUT2D eigenvalue weighted by atomic mass is 10.2. The summed E-state index contributed by atoms with van der Waals surface area (Å²) in [6.45, 7) is 1.30. The average molecular weight is 321 g/mol. The Morgan fingerprint density at radius 3 is 2.83 bits per heavy atom. The van der Waals surface area contributed by atoms with Crippen LogP contribution in [0.15, 0.2) is 36.7 Å². The van der Waals surface area contributed by atoms with Crippen molar-refractivity contribution in [3.63, 3.8) is 0 Å². The number of benzene rings is 1. The van der Waals surface area contributed by atoms with E-state index < -0.39 is 17.5 Å². The second-order valence-corrected chi connectivity index (χ2v) is 4.81. The maximum Gasteiger partial charge on any atom is 0.257 e. The summed E-state index contributed by atoms with van der Waals surface area (Å²) in [7, 11) is 1.63. The Hall–Kier alpha value is -2.54. The molecular formula is C16H17F2N3O2. The fourth-order valence-corrected chi connectivity index (χ4v) is 1.90. The molecule has 1 amide bonds. The summed E-state index contributed by atoms with van der Waals surface area (Å²) < 4.78 is 31.4. The van der Waals surface area contributed by atoms with Crippen molar-refractivity contribution in [2.75, 3.05) is 30.9 Å². The minimum Gasteiger partial charge on any atom is -0.385 e. The fourth-order valence-electron chi connectivity index (χ4n) is 1.90. The molecule has 1 aromatic carbocycles. The number of anilines is 2. The molecule has 0 bridgehead atoms. The van der Waals surface area contributed by atoms with Gasteiger partial charge in [-0.2, -0.15) is 0 Å². The number of amides is 1. The highest BCUT2D eigenvalue weighted by molar-refractivity contribution is 6.04. The van der Waals surface area contributed by atoms with Gasteiger partial charge in [0.15, 0.2) is 0 Å². The molecule has 122 valence electrons. The second kappa shape index (κ2) is 8.19. The zero-order valence-corrected chi connectivity index (χ0v) is 12.6. The molecule has 2 rings (SSSR count). The Kier molecular flexibility index (Phi) is 5.99. The third-order valence-corrected chi connectivity index (χ3v) is 3.03. The number of rotatable bonds is 7. The van der Waals surface area contributed by atoms with Crippen LogP contribution in [-0.4, -0.2) is 31.2 Å². The highest BCUT2D eigenvalue weighted by atomic mass is 19.1. The summed E-state index contributed by atoms with van der Waals surface area (Å²) in [5.74, 6) is -2.06. The maximum atomic E-state index is 13.6. The van der Waals surface area contributed by atoms with Gasteiger partial charge in [-0.15, -0.1) is 0 Å². The van der Waals surface area contributed by atoms with Gasteiger partial charge < -0.3 is 15.4 Å². The Morgan fingerprint density at radius 2 is 2.09 bits per heavy atom. The van der Waals surface area contributed by atoms with Crippen LogP contribution in [0.3, 0.4) is 0 Å². The minimum atomic E-state index is -0.833. The lowest BCUT2D eigenvalue weighted by Crippen LogP contribution is -2.14. The van der Waals surface area contributed by atoms with Crippen molar-refractivity contribution in [3.8, 4) is 0 Å². The van der Waals surface area contributed by atoms with Gasteiger partial charge in [-0.1, -0.05) is 0 Å². The summed E-state index contributed by atoms with van der Waals surface area (Å²) in [4.78, 5) is 16.1. The van der Waals surface area contributed by atoms with Crippen LogP contribution in [0.1, 0.15) is 16.8 Å².